The third kappa shape index (κ3) is 3.30. The molecule has 3 rings (SSSR count). The fraction of sp³-hybridized carbons (Fsp3) is 0.500. The molecule has 2 aromatic rings. The number of rotatable bonds is 5. The van der Waals surface area contributed by atoms with Gasteiger partial charge in [-0.05, 0) is 13.3 Å². The number of hydrogen-bond acceptors (Lipinski definition) is 6. The van der Waals surface area contributed by atoms with Gasteiger partial charge in [0.15, 0.2) is 0 Å². The molecule has 1 aliphatic heterocycles. The van der Waals surface area contributed by atoms with Gasteiger partial charge in [0.1, 0.15) is 12.1 Å². The van der Waals surface area contributed by atoms with Crippen LogP contribution in [-0.2, 0) is 6.54 Å². The zero-order valence-corrected chi connectivity index (χ0v) is 12.3. The third-order valence-corrected chi connectivity index (χ3v) is 3.80. The Labute approximate surface area is 123 Å². The van der Waals surface area contributed by atoms with Gasteiger partial charge in [-0.1, -0.05) is 0 Å². The van der Waals surface area contributed by atoms with Crippen molar-refractivity contribution in [3.63, 3.8) is 0 Å². The first-order chi connectivity index (χ1) is 10.2. The molecule has 2 N–H and O–H groups in total. The van der Waals surface area contributed by atoms with E-state index in [0.717, 1.165) is 37.6 Å². The van der Waals surface area contributed by atoms with Crippen LogP contribution < -0.4 is 10.1 Å². The summed E-state index contributed by atoms with van der Waals surface area (Å²) in [6.07, 6.45) is 4.53. The minimum absolute atomic E-state index is 0.400. The van der Waals surface area contributed by atoms with E-state index in [1.54, 1.807) is 7.11 Å². The molecule has 0 radical (unpaired) electrons. The summed E-state index contributed by atoms with van der Waals surface area (Å²) in [7, 11) is 1.61. The Bertz CT molecular complexity index is 599. The topological polar surface area (TPSA) is 79.0 Å². The molecule has 0 bridgehead atoms. The van der Waals surface area contributed by atoms with Crippen molar-refractivity contribution in [1.82, 2.24) is 25.1 Å². The van der Waals surface area contributed by atoms with Crippen LogP contribution in [0.5, 0.6) is 5.88 Å². The van der Waals surface area contributed by atoms with E-state index in [-0.39, 0.29) is 0 Å². The van der Waals surface area contributed by atoms with Crippen molar-refractivity contribution in [3.8, 4) is 5.88 Å². The summed E-state index contributed by atoms with van der Waals surface area (Å²) in [5.41, 5.74) is 2.41. The first-order valence-corrected chi connectivity index (χ1v) is 7.08. The zero-order valence-electron chi connectivity index (χ0n) is 12.3. The normalized spacial score (nSPS) is 18.9. The van der Waals surface area contributed by atoms with Gasteiger partial charge < -0.3 is 10.1 Å². The standard InChI is InChI=1S/C14H20N6O/c1-10-11(6-17-19-10)7-20-4-3-12(8-20)18-13-5-14(21-2)16-9-15-13/h5-6,9,12H,3-4,7-8H2,1-2H3,(H,17,19)(H,15,16,18). The van der Waals surface area contributed by atoms with Crippen molar-refractivity contribution in [1.29, 1.82) is 0 Å². The minimum Gasteiger partial charge on any atom is -0.481 e. The summed E-state index contributed by atoms with van der Waals surface area (Å²) in [6.45, 7) is 5.07. The van der Waals surface area contributed by atoms with Crippen molar-refractivity contribution >= 4 is 5.82 Å². The van der Waals surface area contributed by atoms with E-state index < -0.39 is 0 Å². The number of anilines is 1. The second-order valence-electron chi connectivity index (χ2n) is 5.33. The van der Waals surface area contributed by atoms with Crippen LogP contribution in [0.4, 0.5) is 5.82 Å². The van der Waals surface area contributed by atoms with Gasteiger partial charge in [0.05, 0.1) is 13.3 Å². The van der Waals surface area contributed by atoms with Crippen molar-refractivity contribution in [2.75, 3.05) is 25.5 Å². The number of likely N-dealkylation sites (tertiary alicyclic amines) is 1. The molecular formula is C14H20N6O. The molecule has 1 aliphatic rings. The van der Waals surface area contributed by atoms with Crippen LogP contribution in [0.25, 0.3) is 0 Å². The number of H-pyrrole nitrogens is 1. The molecule has 0 aromatic carbocycles. The summed E-state index contributed by atoms with van der Waals surface area (Å²) in [5.74, 6) is 1.39. The van der Waals surface area contributed by atoms with Gasteiger partial charge in [-0.25, -0.2) is 9.97 Å². The molecule has 0 spiro atoms. The number of aromatic amines is 1. The van der Waals surface area contributed by atoms with E-state index in [2.05, 4.69) is 37.3 Å². The summed E-state index contributed by atoms with van der Waals surface area (Å²) in [4.78, 5) is 10.7. The molecular weight excluding hydrogens is 268 g/mol. The van der Waals surface area contributed by atoms with E-state index in [9.17, 15) is 0 Å². The second-order valence-corrected chi connectivity index (χ2v) is 5.33. The minimum atomic E-state index is 0.400. The number of aromatic nitrogens is 4. The van der Waals surface area contributed by atoms with Gasteiger partial charge in [-0.3, -0.25) is 10.00 Å². The number of ether oxygens (including phenoxy) is 1. The molecule has 112 valence electrons. The first kappa shape index (κ1) is 13.8. The summed E-state index contributed by atoms with van der Waals surface area (Å²) in [6, 6.07) is 2.22. The van der Waals surface area contributed by atoms with E-state index in [0.29, 0.717) is 11.9 Å². The molecule has 1 unspecified atom stereocenters. The number of aryl methyl sites for hydroxylation is 1. The maximum Gasteiger partial charge on any atom is 0.218 e. The molecule has 21 heavy (non-hydrogen) atoms. The van der Waals surface area contributed by atoms with Crippen LogP contribution in [0.1, 0.15) is 17.7 Å². The average Bonchev–Trinajstić information content (AvgIpc) is 3.10. The summed E-state index contributed by atoms with van der Waals surface area (Å²) >= 11 is 0. The third-order valence-electron chi connectivity index (χ3n) is 3.80. The number of methoxy groups -OCH3 is 1. The Balaban J connectivity index is 1.56. The molecule has 0 aliphatic carbocycles. The molecule has 0 amide bonds. The van der Waals surface area contributed by atoms with Crippen molar-refractivity contribution in [2.45, 2.75) is 25.9 Å². The number of nitrogens with one attached hydrogen (secondary N) is 2. The molecule has 7 nitrogen and oxygen atoms in total. The monoisotopic (exact) mass is 288 g/mol. The Morgan fingerprint density at radius 3 is 3.14 bits per heavy atom. The van der Waals surface area contributed by atoms with Crippen LogP contribution in [0.2, 0.25) is 0 Å². The molecule has 7 heteroatoms. The van der Waals surface area contributed by atoms with Crippen LogP contribution in [-0.4, -0.2) is 51.3 Å². The van der Waals surface area contributed by atoms with Gasteiger partial charge >= 0.3 is 0 Å². The van der Waals surface area contributed by atoms with Crippen LogP contribution in [0.3, 0.4) is 0 Å². The highest BCUT2D eigenvalue weighted by atomic mass is 16.5. The van der Waals surface area contributed by atoms with Gasteiger partial charge in [-0.2, -0.15) is 5.10 Å². The highest BCUT2D eigenvalue weighted by Gasteiger charge is 2.23. The lowest BCUT2D eigenvalue weighted by molar-refractivity contribution is 0.328. The summed E-state index contributed by atoms with van der Waals surface area (Å²) in [5, 5.41) is 10.5. The van der Waals surface area contributed by atoms with Crippen LogP contribution in [0, 0.1) is 6.92 Å². The van der Waals surface area contributed by atoms with Crippen LogP contribution in [0.15, 0.2) is 18.6 Å². The molecule has 0 saturated carbocycles. The Hall–Kier alpha value is -2.15. The average molecular weight is 288 g/mol. The Morgan fingerprint density at radius 1 is 1.48 bits per heavy atom. The van der Waals surface area contributed by atoms with E-state index in [1.807, 2.05) is 12.3 Å². The quantitative estimate of drug-likeness (QED) is 0.861. The predicted octanol–water partition coefficient (Wildman–Crippen LogP) is 1.20. The fourth-order valence-corrected chi connectivity index (χ4v) is 2.61. The highest BCUT2D eigenvalue weighted by molar-refractivity contribution is 5.38. The molecule has 3 heterocycles. The lowest BCUT2D eigenvalue weighted by Gasteiger charge is -2.16. The van der Waals surface area contributed by atoms with Crippen molar-refractivity contribution in [2.24, 2.45) is 0 Å². The van der Waals surface area contributed by atoms with Gasteiger partial charge in [0, 0.05) is 43.0 Å². The number of nitrogens with zero attached hydrogens (tertiary/aromatic N) is 4. The van der Waals surface area contributed by atoms with Gasteiger partial charge in [0.25, 0.3) is 0 Å². The Kier molecular flexibility index (Phi) is 4.01. The van der Waals surface area contributed by atoms with E-state index >= 15 is 0 Å². The maximum absolute atomic E-state index is 5.11. The molecule has 1 atom stereocenters. The lowest BCUT2D eigenvalue weighted by atomic mass is 10.2. The van der Waals surface area contributed by atoms with Crippen LogP contribution >= 0.6 is 0 Å². The first-order valence-electron chi connectivity index (χ1n) is 7.08. The smallest absolute Gasteiger partial charge is 0.218 e. The van der Waals surface area contributed by atoms with Crippen molar-refractivity contribution in [3.05, 3.63) is 29.8 Å². The second kappa shape index (κ2) is 6.09. The maximum atomic E-state index is 5.11. The SMILES string of the molecule is COc1cc(NC2CCN(Cc3cn[nH]c3C)C2)ncn1. The van der Waals surface area contributed by atoms with E-state index in [1.165, 1.54) is 11.9 Å². The lowest BCUT2D eigenvalue weighted by Crippen LogP contribution is -2.26. The highest BCUT2D eigenvalue weighted by Crippen LogP contribution is 2.18. The van der Waals surface area contributed by atoms with Gasteiger partial charge in [-0.15, -0.1) is 0 Å². The number of hydrogen-bond donors (Lipinski definition) is 2. The fourth-order valence-electron chi connectivity index (χ4n) is 2.61. The largest absolute Gasteiger partial charge is 0.481 e. The van der Waals surface area contributed by atoms with E-state index in [4.69, 9.17) is 4.74 Å². The van der Waals surface area contributed by atoms with Crippen molar-refractivity contribution < 1.29 is 4.74 Å². The zero-order chi connectivity index (χ0) is 14.7. The summed E-state index contributed by atoms with van der Waals surface area (Å²) < 4.78 is 5.11. The molecule has 2 aromatic heterocycles. The predicted molar refractivity (Wildman–Crippen MR) is 79.2 cm³/mol. The Morgan fingerprint density at radius 2 is 2.38 bits per heavy atom. The van der Waals surface area contributed by atoms with Gasteiger partial charge in [0.2, 0.25) is 5.88 Å². The molecule has 1 saturated heterocycles. The molecule has 1 fully saturated rings.